The number of carboxylic acid groups (broad SMARTS) is 2. The third kappa shape index (κ3) is 8.46. The standard InChI is InChI=1S/C18H20N2O.C2H2O4/c1-2-13-19-14-17(21)20-18(15-9-5-3-6-10-15)16-11-7-4-8-12-16;3-1(4)2(5)6/h2-12,18-19H,1,13-14H2,(H,20,21);(H,3,4)(H,5,6). The third-order valence-electron chi connectivity index (χ3n) is 3.33. The molecule has 7 nitrogen and oxygen atoms in total. The van der Waals surface area contributed by atoms with E-state index in [1.54, 1.807) is 6.08 Å². The van der Waals surface area contributed by atoms with Gasteiger partial charge in [0.1, 0.15) is 0 Å². The topological polar surface area (TPSA) is 116 Å². The molecular formula is C20H22N2O5. The molecule has 7 heteroatoms. The lowest BCUT2D eigenvalue weighted by molar-refractivity contribution is -0.159. The number of carboxylic acids is 2. The first-order chi connectivity index (χ1) is 13.0. The zero-order chi connectivity index (χ0) is 20.1. The summed E-state index contributed by atoms with van der Waals surface area (Å²) in [4.78, 5) is 30.3. The van der Waals surface area contributed by atoms with Crippen molar-refractivity contribution in [3.63, 3.8) is 0 Å². The molecule has 0 radical (unpaired) electrons. The first-order valence-electron chi connectivity index (χ1n) is 8.12. The van der Waals surface area contributed by atoms with E-state index in [0.29, 0.717) is 6.54 Å². The molecule has 0 saturated carbocycles. The quantitative estimate of drug-likeness (QED) is 0.336. The van der Waals surface area contributed by atoms with Gasteiger partial charge in [-0.2, -0.15) is 0 Å². The Morgan fingerprint density at radius 2 is 1.33 bits per heavy atom. The summed E-state index contributed by atoms with van der Waals surface area (Å²) in [5.41, 5.74) is 2.14. The Balaban J connectivity index is 0.000000527. The van der Waals surface area contributed by atoms with Gasteiger partial charge in [-0.1, -0.05) is 66.7 Å². The molecular weight excluding hydrogens is 348 g/mol. The van der Waals surface area contributed by atoms with Crippen molar-refractivity contribution in [1.82, 2.24) is 10.6 Å². The summed E-state index contributed by atoms with van der Waals surface area (Å²) < 4.78 is 0. The number of rotatable bonds is 7. The summed E-state index contributed by atoms with van der Waals surface area (Å²) in [5, 5.41) is 20.9. The van der Waals surface area contributed by atoms with E-state index in [4.69, 9.17) is 19.8 Å². The highest BCUT2D eigenvalue weighted by Crippen LogP contribution is 2.21. The smallest absolute Gasteiger partial charge is 0.414 e. The van der Waals surface area contributed by atoms with Crippen LogP contribution in [0, 0.1) is 0 Å². The van der Waals surface area contributed by atoms with Crippen molar-refractivity contribution >= 4 is 17.8 Å². The molecule has 1 amide bonds. The number of benzene rings is 2. The first-order valence-corrected chi connectivity index (χ1v) is 8.12. The summed E-state index contributed by atoms with van der Waals surface area (Å²) in [6, 6.07) is 19.8. The molecule has 0 fully saturated rings. The molecule has 27 heavy (non-hydrogen) atoms. The Hall–Kier alpha value is -3.45. The minimum atomic E-state index is -1.82. The fraction of sp³-hybridized carbons (Fsp3) is 0.150. The first kappa shape index (κ1) is 21.6. The maximum absolute atomic E-state index is 12.1. The van der Waals surface area contributed by atoms with Gasteiger partial charge < -0.3 is 20.8 Å². The normalized spacial score (nSPS) is 9.67. The highest BCUT2D eigenvalue weighted by atomic mass is 16.4. The molecule has 142 valence electrons. The van der Waals surface area contributed by atoms with Crippen molar-refractivity contribution in [2.24, 2.45) is 0 Å². The number of nitrogens with one attached hydrogen (secondary N) is 2. The van der Waals surface area contributed by atoms with Crippen LogP contribution >= 0.6 is 0 Å². The second kappa shape index (κ2) is 12.0. The van der Waals surface area contributed by atoms with Crippen LogP contribution in [0.4, 0.5) is 0 Å². The molecule has 0 bridgehead atoms. The van der Waals surface area contributed by atoms with E-state index in [2.05, 4.69) is 17.2 Å². The van der Waals surface area contributed by atoms with Crippen LogP contribution in [0.15, 0.2) is 73.3 Å². The Labute approximate surface area is 157 Å². The Morgan fingerprint density at radius 3 is 1.70 bits per heavy atom. The average Bonchev–Trinajstić information content (AvgIpc) is 2.68. The van der Waals surface area contributed by atoms with Gasteiger partial charge in [0, 0.05) is 6.54 Å². The predicted octanol–water partition coefficient (Wildman–Crippen LogP) is 1.82. The summed E-state index contributed by atoms with van der Waals surface area (Å²) >= 11 is 0. The molecule has 0 heterocycles. The van der Waals surface area contributed by atoms with Gasteiger partial charge >= 0.3 is 11.9 Å². The zero-order valence-corrected chi connectivity index (χ0v) is 14.7. The van der Waals surface area contributed by atoms with Gasteiger partial charge in [-0.05, 0) is 11.1 Å². The minimum absolute atomic E-state index is 0.0328. The van der Waals surface area contributed by atoms with Crippen molar-refractivity contribution in [3.8, 4) is 0 Å². The largest absolute Gasteiger partial charge is 0.473 e. The van der Waals surface area contributed by atoms with Crippen molar-refractivity contribution in [2.75, 3.05) is 13.1 Å². The number of amides is 1. The van der Waals surface area contributed by atoms with Gasteiger partial charge in [0.15, 0.2) is 0 Å². The Kier molecular flexibility index (Phi) is 9.59. The molecule has 2 aromatic carbocycles. The molecule has 0 aromatic heterocycles. The lowest BCUT2D eigenvalue weighted by Crippen LogP contribution is -2.36. The number of hydrogen-bond acceptors (Lipinski definition) is 4. The van der Waals surface area contributed by atoms with E-state index in [-0.39, 0.29) is 18.5 Å². The molecule has 0 spiro atoms. The lowest BCUT2D eigenvalue weighted by Gasteiger charge is -2.20. The average molecular weight is 370 g/mol. The van der Waals surface area contributed by atoms with E-state index in [1.165, 1.54) is 0 Å². The van der Waals surface area contributed by atoms with E-state index in [1.807, 2.05) is 60.7 Å². The molecule has 0 aliphatic carbocycles. The van der Waals surface area contributed by atoms with Gasteiger partial charge in [-0.3, -0.25) is 4.79 Å². The number of aliphatic carboxylic acids is 2. The zero-order valence-electron chi connectivity index (χ0n) is 14.7. The predicted molar refractivity (Wildman–Crippen MR) is 101 cm³/mol. The monoisotopic (exact) mass is 370 g/mol. The van der Waals surface area contributed by atoms with Gasteiger partial charge in [-0.15, -0.1) is 6.58 Å². The van der Waals surface area contributed by atoms with Gasteiger partial charge in [-0.25, -0.2) is 9.59 Å². The van der Waals surface area contributed by atoms with Crippen LogP contribution in [0.5, 0.6) is 0 Å². The number of carbonyl (C=O) groups excluding carboxylic acids is 1. The van der Waals surface area contributed by atoms with E-state index >= 15 is 0 Å². The highest BCUT2D eigenvalue weighted by molar-refractivity contribution is 6.27. The van der Waals surface area contributed by atoms with Gasteiger partial charge in [0.2, 0.25) is 5.91 Å². The van der Waals surface area contributed by atoms with Crippen molar-refractivity contribution < 1.29 is 24.6 Å². The number of hydrogen-bond donors (Lipinski definition) is 4. The molecule has 0 saturated heterocycles. The summed E-state index contributed by atoms with van der Waals surface area (Å²) in [6.45, 7) is 4.52. The van der Waals surface area contributed by atoms with Crippen molar-refractivity contribution in [2.45, 2.75) is 6.04 Å². The highest BCUT2D eigenvalue weighted by Gasteiger charge is 2.15. The molecule has 0 atom stereocenters. The lowest BCUT2D eigenvalue weighted by atomic mass is 9.99. The van der Waals surface area contributed by atoms with Crippen LogP contribution in [0.3, 0.4) is 0 Å². The van der Waals surface area contributed by atoms with E-state index < -0.39 is 11.9 Å². The fourth-order valence-corrected chi connectivity index (χ4v) is 2.15. The van der Waals surface area contributed by atoms with Crippen molar-refractivity contribution in [1.29, 1.82) is 0 Å². The maximum atomic E-state index is 12.1. The summed E-state index contributed by atoms with van der Waals surface area (Å²) in [5.74, 6) is -3.68. The molecule has 0 aliphatic heterocycles. The van der Waals surface area contributed by atoms with Crippen LogP contribution < -0.4 is 10.6 Å². The molecule has 2 rings (SSSR count). The van der Waals surface area contributed by atoms with Crippen LogP contribution in [0.25, 0.3) is 0 Å². The molecule has 0 unspecified atom stereocenters. The van der Waals surface area contributed by atoms with Crippen LogP contribution in [0.1, 0.15) is 17.2 Å². The van der Waals surface area contributed by atoms with E-state index in [9.17, 15) is 4.79 Å². The van der Waals surface area contributed by atoms with Crippen molar-refractivity contribution in [3.05, 3.63) is 84.4 Å². The Morgan fingerprint density at radius 1 is 0.889 bits per heavy atom. The number of carbonyl (C=O) groups is 3. The summed E-state index contributed by atoms with van der Waals surface area (Å²) in [6.07, 6.45) is 1.74. The second-order valence-electron chi connectivity index (χ2n) is 5.35. The SMILES string of the molecule is C=CCNCC(=O)NC(c1ccccc1)c1ccccc1.O=C(O)C(=O)O. The Bertz CT molecular complexity index is 696. The van der Waals surface area contributed by atoms with Crippen LogP contribution in [-0.4, -0.2) is 41.1 Å². The molecule has 4 N–H and O–H groups in total. The second-order valence-corrected chi connectivity index (χ2v) is 5.35. The summed E-state index contributed by atoms with van der Waals surface area (Å²) in [7, 11) is 0. The minimum Gasteiger partial charge on any atom is -0.473 e. The van der Waals surface area contributed by atoms with Gasteiger partial charge in [0.25, 0.3) is 0 Å². The molecule has 2 aromatic rings. The maximum Gasteiger partial charge on any atom is 0.414 e. The molecule has 0 aliphatic rings. The van der Waals surface area contributed by atoms with Crippen LogP contribution in [-0.2, 0) is 14.4 Å². The van der Waals surface area contributed by atoms with Gasteiger partial charge in [0.05, 0.1) is 12.6 Å². The third-order valence-corrected chi connectivity index (χ3v) is 3.33. The fourth-order valence-electron chi connectivity index (χ4n) is 2.15. The van der Waals surface area contributed by atoms with E-state index in [0.717, 1.165) is 11.1 Å². The van der Waals surface area contributed by atoms with Crippen LogP contribution in [0.2, 0.25) is 0 Å².